The van der Waals surface area contributed by atoms with Crippen LogP contribution in [0, 0.1) is 0 Å². The fourth-order valence-electron chi connectivity index (χ4n) is 4.61. The van der Waals surface area contributed by atoms with Gasteiger partial charge in [-0.05, 0) is 53.7 Å². The van der Waals surface area contributed by atoms with Gasteiger partial charge in [0.2, 0.25) is 0 Å². The average Bonchev–Trinajstić information content (AvgIpc) is 2.89. The van der Waals surface area contributed by atoms with E-state index in [1.54, 1.807) is 18.2 Å². The van der Waals surface area contributed by atoms with Crippen LogP contribution in [0.25, 0.3) is 33.4 Å². The molecule has 35 heavy (non-hydrogen) atoms. The Morgan fingerprint density at radius 2 is 1.29 bits per heavy atom. The van der Waals surface area contributed by atoms with E-state index in [-0.39, 0.29) is 11.2 Å². The van der Waals surface area contributed by atoms with E-state index < -0.39 is 7.92 Å². The molecule has 0 spiro atoms. The van der Waals surface area contributed by atoms with E-state index in [0.717, 1.165) is 22.1 Å². The molecule has 1 N–H and O–H groups in total. The summed E-state index contributed by atoms with van der Waals surface area (Å²) in [5.74, 6) is 0.623. The number of aromatic hydroxyl groups is 1. The van der Waals surface area contributed by atoms with Gasteiger partial charge < -0.3 is 9.52 Å². The number of fused-ring (bicyclic) bond motifs is 2. The van der Waals surface area contributed by atoms with Crippen molar-refractivity contribution in [3.8, 4) is 28.2 Å². The van der Waals surface area contributed by atoms with Gasteiger partial charge in [-0.2, -0.15) is 0 Å². The van der Waals surface area contributed by atoms with Crippen molar-refractivity contribution in [2.24, 2.45) is 0 Å². The van der Waals surface area contributed by atoms with Crippen LogP contribution in [-0.2, 0) is 0 Å². The molecule has 0 fully saturated rings. The minimum absolute atomic E-state index is 0.115. The Morgan fingerprint density at radius 3 is 2.00 bits per heavy atom. The number of rotatable bonds is 4. The molecular formula is C31H21O3P. The van der Waals surface area contributed by atoms with Crippen molar-refractivity contribution >= 4 is 34.8 Å². The summed E-state index contributed by atoms with van der Waals surface area (Å²) in [6, 6.07) is 39.7. The lowest BCUT2D eigenvalue weighted by molar-refractivity contribution is 0.474. The molecule has 0 amide bonds. The van der Waals surface area contributed by atoms with Gasteiger partial charge in [-0.15, -0.1) is 0 Å². The van der Waals surface area contributed by atoms with Crippen LogP contribution >= 0.6 is 7.92 Å². The summed E-state index contributed by atoms with van der Waals surface area (Å²) < 4.78 is 6.08. The molecule has 0 bridgehead atoms. The molecule has 4 aromatic carbocycles. The number of hydrogen-bond acceptors (Lipinski definition) is 3. The van der Waals surface area contributed by atoms with Gasteiger partial charge in [-0.3, -0.25) is 4.79 Å². The third-order valence-corrected chi connectivity index (χ3v) is 8.62. The lowest BCUT2D eigenvalue weighted by Crippen LogP contribution is -2.22. The van der Waals surface area contributed by atoms with Gasteiger partial charge >= 0.3 is 0 Å². The second-order valence-electron chi connectivity index (χ2n) is 8.34. The molecule has 4 heteroatoms. The summed E-state index contributed by atoms with van der Waals surface area (Å²) in [5.41, 5.74) is 3.37. The molecule has 3 nitrogen and oxygen atoms in total. The fraction of sp³-hybridized carbons (Fsp3) is 0. The predicted octanol–water partition coefficient (Wildman–Crippen LogP) is 6.03. The Labute approximate surface area is 204 Å². The Kier molecular flexibility index (Phi) is 5.41. The lowest BCUT2D eigenvalue weighted by atomic mass is 9.93. The van der Waals surface area contributed by atoms with Gasteiger partial charge in [0.1, 0.15) is 17.1 Å². The molecule has 0 unspecified atom stereocenters. The van der Waals surface area contributed by atoms with Gasteiger partial charge in [0.05, 0.1) is 0 Å². The maximum absolute atomic E-state index is 12.2. The van der Waals surface area contributed by atoms with E-state index >= 15 is 0 Å². The molecule has 0 radical (unpaired) electrons. The van der Waals surface area contributed by atoms with E-state index in [1.165, 1.54) is 22.0 Å². The first-order valence-corrected chi connectivity index (χ1v) is 12.7. The monoisotopic (exact) mass is 472 g/mol. The van der Waals surface area contributed by atoms with Crippen LogP contribution in [0.15, 0.2) is 131 Å². The van der Waals surface area contributed by atoms with Crippen LogP contribution < -0.4 is 21.3 Å². The highest BCUT2D eigenvalue weighted by molar-refractivity contribution is 7.80. The fourth-order valence-corrected chi connectivity index (χ4v) is 7.07. The number of phenols is 1. The molecule has 1 aliphatic heterocycles. The summed E-state index contributed by atoms with van der Waals surface area (Å²) in [6.45, 7) is 0. The topological polar surface area (TPSA) is 50.4 Å². The van der Waals surface area contributed by atoms with Gasteiger partial charge in [0.15, 0.2) is 5.43 Å². The van der Waals surface area contributed by atoms with Gasteiger partial charge in [-0.25, -0.2) is 0 Å². The zero-order chi connectivity index (χ0) is 23.8. The third-order valence-electron chi connectivity index (χ3n) is 6.12. The minimum atomic E-state index is -0.855. The predicted molar refractivity (Wildman–Crippen MR) is 145 cm³/mol. The molecule has 1 aliphatic carbocycles. The first-order valence-electron chi connectivity index (χ1n) is 11.4. The summed E-state index contributed by atoms with van der Waals surface area (Å²) in [5, 5.41) is 14.8. The summed E-state index contributed by atoms with van der Waals surface area (Å²) >= 11 is 0. The van der Waals surface area contributed by atoms with E-state index in [1.807, 2.05) is 30.3 Å². The van der Waals surface area contributed by atoms with Crippen molar-refractivity contribution in [1.29, 1.82) is 0 Å². The van der Waals surface area contributed by atoms with E-state index in [2.05, 4.69) is 66.7 Å². The van der Waals surface area contributed by atoms with Gasteiger partial charge in [-0.1, -0.05) is 84.9 Å². The molecule has 4 aromatic rings. The molecular weight excluding hydrogens is 451 g/mol. The first-order chi connectivity index (χ1) is 17.2. The van der Waals surface area contributed by atoms with E-state index in [9.17, 15) is 9.90 Å². The van der Waals surface area contributed by atoms with Gasteiger partial charge in [0, 0.05) is 28.6 Å². The van der Waals surface area contributed by atoms with Crippen LogP contribution in [-0.4, -0.2) is 5.11 Å². The maximum Gasteiger partial charge on any atom is 0.182 e. The normalized spacial score (nSPS) is 11.3. The van der Waals surface area contributed by atoms with Crippen molar-refractivity contribution in [2.45, 2.75) is 0 Å². The Morgan fingerprint density at radius 1 is 0.629 bits per heavy atom. The molecule has 0 saturated carbocycles. The molecule has 1 heterocycles. The lowest BCUT2D eigenvalue weighted by Gasteiger charge is -2.24. The highest BCUT2D eigenvalue weighted by Crippen LogP contribution is 2.44. The zero-order valence-corrected chi connectivity index (χ0v) is 19.7. The SMILES string of the molecule is O=c1ccc2c(-c3ccccc3P(c3ccccc3)c3ccccc3)c3ccc(O)cc3oc-2c1. The average molecular weight is 472 g/mol. The van der Waals surface area contributed by atoms with Crippen LogP contribution in [0.4, 0.5) is 0 Å². The molecule has 168 valence electrons. The largest absolute Gasteiger partial charge is 0.508 e. The van der Waals surface area contributed by atoms with Crippen LogP contribution in [0.2, 0.25) is 0 Å². The zero-order valence-electron chi connectivity index (χ0n) is 18.8. The van der Waals surface area contributed by atoms with Crippen molar-refractivity contribution < 1.29 is 9.52 Å². The van der Waals surface area contributed by atoms with Crippen molar-refractivity contribution in [3.05, 3.63) is 132 Å². The Hall–Kier alpha value is -4.20. The Balaban J connectivity index is 1.71. The summed E-state index contributed by atoms with van der Waals surface area (Å²) in [4.78, 5) is 12.2. The van der Waals surface area contributed by atoms with Crippen LogP contribution in [0.5, 0.6) is 5.75 Å². The second kappa shape index (κ2) is 8.87. The van der Waals surface area contributed by atoms with Crippen LogP contribution in [0.1, 0.15) is 0 Å². The smallest absolute Gasteiger partial charge is 0.182 e. The first kappa shape index (κ1) is 21.3. The van der Waals surface area contributed by atoms with Gasteiger partial charge in [0.25, 0.3) is 0 Å². The molecule has 2 aliphatic rings. The van der Waals surface area contributed by atoms with Crippen LogP contribution in [0.3, 0.4) is 0 Å². The molecule has 0 saturated heterocycles. The maximum atomic E-state index is 12.2. The third kappa shape index (κ3) is 3.90. The number of benzene rings is 5. The van der Waals surface area contributed by atoms with E-state index in [0.29, 0.717) is 11.3 Å². The summed E-state index contributed by atoms with van der Waals surface area (Å²) in [6.07, 6.45) is 0. The Bertz CT molecular complexity index is 1630. The highest BCUT2D eigenvalue weighted by Gasteiger charge is 2.24. The number of phenolic OH excluding ortho intramolecular Hbond substituents is 1. The standard InChI is InChI=1S/C31H21O3P/c32-21-15-17-25-28(19-21)34-29-20-22(33)16-18-26(29)31(25)27-13-7-8-14-30(27)35(23-9-3-1-4-10-23)24-11-5-2-6-12-24/h1-20,32H. The number of hydrogen-bond donors (Lipinski definition) is 1. The van der Waals surface area contributed by atoms with Crippen molar-refractivity contribution in [2.75, 3.05) is 0 Å². The quantitative estimate of drug-likeness (QED) is 0.252. The van der Waals surface area contributed by atoms with Crippen molar-refractivity contribution in [3.63, 3.8) is 0 Å². The second-order valence-corrected chi connectivity index (χ2v) is 10.5. The van der Waals surface area contributed by atoms with E-state index in [4.69, 9.17) is 4.42 Å². The molecule has 0 atom stereocenters. The molecule has 0 aromatic heterocycles. The minimum Gasteiger partial charge on any atom is -0.508 e. The van der Waals surface area contributed by atoms with Crippen molar-refractivity contribution in [1.82, 2.24) is 0 Å². The highest BCUT2D eigenvalue weighted by atomic mass is 31.1. The summed E-state index contributed by atoms with van der Waals surface area (Å²) in [7, 11) is -0.855. The molecule has 6 rings (SSSR count).